The fraction of sp³-hybridized carbons (Fsp3) is 0.483. The Labute approximate surface area is 255 Å². The Morgan fingerprint density at radius 2 is 2.12 bits per heavy atom. The van der Waals surface area contributed by atoms with E-state index in [1.54, 1.807) is 45.3 Å². The van der Waals surface area contributed by atoms with E-state index in [-0.39, 0.29) is 35.9 Å². The highest BCUT2D eigenvalue weighted by molar-refractivity contribution is 7.80. The molecule has 2 fully saturated rings. The van der Waals surface area contributed by atoms with Gasteiger partial charge in [-0.15, -0.1) is 11.3 Å². The largest absolute Gasteiger partial charge is 0.481 e. The summed E-state index contributed by atoms with van der Waals surface area (Å²) in [6, 6.07) is 2.48. The number of rotatable bonds is 9. The predicted molar refractivity (Wildman–Crippen MR) is 162 cm³/mol. The average Bonchev–Trinajstić information content (AvgIpc) is 3.58. The third kappa shape index (κ3) is 5.90. The summed E-state index contributed by atoms with van der Waals surface area (Å²) in [5.41, 5.74) is -0.0545. The van der Waals surface area contributed by atoms with E-state index in [1.165, 1.54) is 23.5 Å². The monoisotopic (exact) mass is 615 g/mol. The number of amidine groups is 1. The van der Waals surface area contributed by atoms with E-state index in [0.29, 0.717) is 54.4 Å². The summed E-state index contributed by atoms with van der Waals surface area (Å²) in [7, 11) is 0. The van der Waals surface area contributed by atoms with Crippen LogP contribution in [-0.4, -0.2) is 99.6 Å². The number of esters is 1. The molecule has 0 radical (unpaired) electrons. The van der Waals surface area contributed by atoms with Gasteiger partial charge in [0.25, 0.3) is 0 Å². The first kappa shape index (κ1) is 28.7. The van der Waals surface area contributed by atoms with E-state index in [4.69, 9.17) is 17.0 Å². The summed E-state index contributed by atoms with van der Waals surface area (Å²) in [6.45, 7) is 9.72. The van der Waals surface area contributed by atoms with Gasteiger partial charge in [-0.25, -0.2) is 14.2 Å². The summed E-state index contributed by atoms with van der Waals surface area (Å²) in [5.74, 6) is -1.76. The molecule has 5 rings (SSSR count). The standard InChI is InChI=1S/C29H35FN6O4S2/c1-5-40-26(37)22-21(15-34-10-11-36-18(13-34)14-35(28(36)41)16-29(3,4)27(38)39)32-24(25-31-9-12-42-25)33-23(22)19-7-6-8-20(30)17(19)2/h6-9,12,18,23H,5,10-11,13-16H2,1-4H3,(H,32,33)(H,38,39)/i23D. The molecule has 0 bridgehead atoms. The molecule has 0 amide bonds. The molecule has 3 aliphatic heterocycles. The van der Waals surface area contributed by atoms with Crippen LogP contribution in [0.25, 0.3) is 0 Å². The Balaban J connectivity index is 1.49. The van der Waals surface area contributed by atoms with E-state index in [0.717, 1.165) is 0 Å². The summed E-state index contributed by atoms with van der Waals surface area (Å²) >= 11 is 7.06. The number of thiazole rings is 1. The minimum Gasteiger partial charge on any atom is -0.481 e. The molecule has 1 aromatic heterocycles. The lowest BCUT2D eigenvalue weighted by Gasteiger charge is -2.38. The first-order chi connectivity index (χ1) is 20.4. The molecule has 2 unspecified atom stereocenters. The molecule has 2 aromatic rings. The summed E-state index contributed by atoms with van der Waals surface area (Å²) in [4.78, 5) is 40.6. The topological polar surface area (TPSA) is 111 Å². The number of hydrogen-bond donors (Lipinski definition) is 2. The SMILES string of the molecule is [2H]C1(c2cccc(F)c2C)N=C(c2nccs2)NC(CN2CCN3C(=S)N(CC(C)(C)C(=O)O)CC3C2)=C1C(=O)OCC. The predicted octanol–water partition coefficient (Wildman–Crippen LogP) is 3.20. The lowest BCUT2D eigenvalue weighted by molar-refractivity contribution is -0.147. The maximum atomic E-state index is 14.8. The van der Waals surface area contributed by atoms with Crippen molar-refractivity contribution in [3.05, 3.63) is 63.0 Å². The minimum absolute atomic E-state index is 0.00226. The molecule has 1 aromatic carbocycles. The highest BCUT2D eigenvalue weighted by atomic mass is 32.1. The zero-order chi connectivity index (χ0) is 31.1. The van der Waals surface area contributed by atoms with Gasteiger partial charge in [0.15, 0.2) is 16.0 Å². The zero-order valence-electron chi connectivity index (χ0n) is 25.0. The van der Waals surface area contributed by atoms with Gasteiger partial charge in [0, 0.05) is 56.5 Å². The number of ether oxygens (including phenoxy) is 1. The summed E-state index contributed by atoms with van der Waals surface area (Å²) in [5, 5.41) is 15.9. The quantitative estimate of drug-likeness (QED) is 0.322. The number of halogens is 1. The number of carboxylic acid groups (broad SMARTS) is 1. The van der Waals surface area contributed by atoms with Crippen molar-refractivity contribution in [3.8, 4) is 0 Å². The van der Waals surface area contributed by atoms with Crippen LogP contribution in [0.1, 0.15) is 44.3 Å². The molecule has 42 heavy (non-hydrogen) atoms. The molecule has 224 valence electrons. The number of piperazine rings is 1. The van der Waals surface area contributed by atoms with Crippen molar-refractivity contribution < 1.29 is 25.2 Å². The van der Waals surface area contributed by atoms with E-state index >= 15 is 0 Å². The second kappa shape index (κ2) is 12.1. The van der Waals surface area contributed by atoms with Gasteiger partial charge in [0.1, 0.15) is 11.8 Å². The van der Waals surface area contributed by atoms with Gasteiger partial charge in [0.2, 0.25) is 0 Å². The van der Waals surface area contributed by atoms with Gasteiger partial charge >= 0.3 is 11.9 Å². The van der Waals surface area contributed by atoms with Crippen LogP contribution < -0.4 is 5.32 Å². The molecule has 0 spiro atoms. The Bertz CT molecular complexity index is 1500. The number of aromatic nitrogens is 1. The first-order valence-corrected chi connectivity index (χ1v) is 15.1. The highest BCUT2D eigenvalue weighted by Crippen LogP contribution is 2.36. The van der Waals surface area contributed by atoms with Crippen molar-refractivity contribution in [3.63, 3.8) is 0 Å². The Morgan fingerprint density at radius 1 is 1.33 bits per heavy atom. The van der Waals surface area contributed by atoms with E-state index in [9.17, 15) is 20.5 Å². The molecule has 2 saturated heterocycles. The average molecular weight is 616 g/mol. The molecule has 13 heteroatoms. The van der Waals surface area contributed by atoms with Crippen molar-refractivity contribution in [2.24, 2.45) is 10.4 Å². The van der Waals surface area contributed by atoms with Crippen molar-refractivity contribution >= 4 is 46.4 Å². The van der Waals surface area contributed by atoms with Crippen LogP contribution in [0.4, 0.5) is 4.39 Å². The number of fused-ring (bicyclic) bond motifs is 1. The molecule has 0 aliphatic carbocycles. The van der Waals surface area contributed by atoms with Crippen molar-refractivity contribution in [2.45, 2.75) is 39.8 Å². The molecular weight excluding hydrogens is 579 g/mol. The Hall–Kier alpha value is -3.42. The van der Waals surface area contributed by atoms with Crippen LogP contribution >= 0.6 is 23.6 Å². The summed E-state index contributed by atoms with van der Waals surface area (Å²) < 4.78 is 29.9. The first-order valence-electron chi connectivity index (χ1n) is 14.3. The summed E-state index contributed by atoms with van der Waals surface area (Å²) in [6.07, 6.45) is 1.63. The van der Waals surface area contributed by atoms with Crippen LogP contribution in [0.5, 0.6) is 0 Å². The lowest BCUT2D eigenvalue weighted by Crippen LogP contribution is -2.53. The number of nitrogens with zero attached hydrogens (tertiary/aromatic N) is 5. The number of carbonyl (C=O) groups is 2. The maximum absolute atomic E-state index is 14.8. The highest BCUT2D eigenvalue weighted by Gasteiger charge is 2.42. The second-order valence-corrected chi connectivity index (χ2v) is 12.5. The molecular formula is C29H35FN6O4S2. The van der Waals surface area contributed by atoms with Crippen molar-refractivity contribution in [2.75, 3.05) is 45.9 Å². The number of thiocarbonyl (C=S) groups is 1. The number of hydrogen-bond acceptors (Lipinski definition) is 9. The fourth-order valence-electron chi connectivity index (χ4n) is 5.47. The van der Waals surface area contributed by atoms with E-state index in [1.807, 2.05) is 4.90 Å². The van der Waals surface area contributed by atoms with Gasteiger partial charge in [0.05, 0.1) is 25.0 Å². The van der Waals surface area contributed by atoms with Crippen LogP contribution in [0.3, 0.4) is 0 Å². The van der Waals surface area contributed by atoms with E-state index < -0.39 is 29.2 Å². The number of benzene rings is 1. The zero-order valence-corrected chi connectivity index (χ0v) is 25.6. The third-order valence-corrected chi connectivity index (χ3v) is 9.00. The molecule has 3 aliphatic rings. The molecule has 2 atom stereocenters. The lowest BCUT2D eigenvalue weighted by atomic mass is 9.92. The normalized spacial score (nSPS) is 23.4. The van der Waals surface area contributed by atoms with Gasteiger partial charge in [-0.1, -0.05) is 12.1 Å². The van der Waals surface area contributed by atoms with Gasteiger partial charge < -0.3 is 25.0 Å². The number of nitrogens with one attached hydrogen (secondary N) is 1. The third-order valence-electron chi connectivity index (χ3n) is 7.73. The Morgan fingerprint density at radius 3 is 2.81 bits per heavy atom. The van der Waals surface area contributed by atoms with Crippen molar-refractivity contribution in [1.82, 2.24) is 25.0 Å². The number of aliphatic imine (C=N–C) groups is 1. The molecule has 0 saturated carbocycles. The minimum atomic E-state index is -1.99. The van der Waals surface area contributed by atoms with Gasteiger partial charge in [-0.05, 0) is 57.1 Å². The fourth-order valence-corrected chi connectivity index (χ4v) is 6.43. The van der Waals surface area contributed by atoms with Gasteiger partial charge in [-0.3, -0.25) is 14.7 Å². The van der Waals surface area contributed by atoms with Gasteiger partial charge in [-0.2, -0.15) is 0 Å². The number of aliphatic carboxylic acids is 1. The van der Waals surface area contributed by atoms with Crippen LogP contribution in [0, 0.1) is 18.2 Å². The maximum Gasteiger partial charge on any atom is 0.338 e. The molecule has 2 N–H and O–H groups in total. The van der Waals surface area contributed by atoms with Crippen LogP contribution in [-0.2, 0) is 14.3 Å². The van der Waals surface area contributed by atoms with Crippen molar-refractivity contribution in [1.29, 1.82) is 0 Å². The number of carboxylic acids is 1. The van der Waals surface area contributed by atoms with Crippen LogP contribution in [0.2, 0.25) is 0 Å². The second-order valence-electron chi connectivity index (χ2n) is 11.2. The van der Waals surface area contributed by atoms with E-state index in [2.05, 4.69) is 25.1 Å². The Kier molecular flexibility index (Phi) is 8.24. The smallest absolute Gasteiger partial charge is 0.338 e. The molecule has 4 heterocycles. The number of carbonyl (C=O) groups excluding carboxylic acids is 1. The van der Waals surface area contributed by atoms with Crippen LogP contribution in [0.15, 0.2) is 46.0 Å². The molecule has 10 nitrogen and oxygen atoms in total.